The molecule has 3 rings (SSSR count). The number of hydrogen-bond donors (Lipinski definition) is 1. The third kappa shape index (κ3) is 7.50. The van der Waals surface area contributed by atoms with Gasteiger partial charge in [0.2, 0.25) is 11.9 Å². The van der Waals surface area contributed by atoms with Gasteiger partial charge in [-0.2, -0.15) is 18.3 Å². The first-order chi connectivity index (χ1) is 16.7. The fourth-order valence-electron chi connectivity index (χ4n) is 3.38. The zero-order chi connectivity index (χ0) is 25.4. The summed E-state index contributed by atoms with van der Waals surface area (Å²) in [6, 6.07) is 0. The Morgan fingerprint density at radius 2 is 1.86 bits per heavy atom. The maximum Gasteiger partial charge on any atom is 0.425 e. The molecule has 1 atom stereocenters. The van der Waals surface area contributed by atoms with Gasteiger partial charge in [0.15, 0.2) is 11.3 Å². The SMILES string of the molecule is COC[C@@H](COCCC(=O)N1CCN(c2ncc(Cl)cn2)CC1)Oc1cn[nH]c(=O)c1C(F)(F)F. The third-order valence-corrected chi connectivity index (χ3v) is 5.23. The predicted octanol–water partition coefficient (Wildman–Crippen LogP) is 1.38. The number of rotatable bonds is 10. The Labute approximate surface area is 203 Å². The summed E-state index contributed by atoms with van der Waals surface area (Å²) in [4.78, 5) is 36.1. The monoisotopic (exact) mass is 520 g/mol. The molecule has 1 aliphatic rings. The molecule has 0 saturated carbocycles. The molecule has 0 aliphatic carbocycles. The first kappa shape index (κ1) is 26.6. The van der Waals surface area contributed by atoms with E-state index in [1.807, 2.05) is 4.90 Å². The van der Waals surface area contributed by atoms with Crippen molar-refractivity contribution >= 4 is 23.5 Å². The largest absolute Gasteiger partial charge is 0.483 e. The smallest absolute Gasteiger partial charge is 0.425 e. The lowest BCUT2D eigenvalue weighted by molar-refractivity contribution is -0.141. The lowest BCUT2D eigenvalue weighted by Gasteiger charge is -2.34. The molecule has 11 nitrogen and oxygen atoms in total. The number of halogens is 4. The van der Waals surface area contributed by atoms with Crippen molar-refractivity contribution in [3.8, 4) is 5.75 Å². The molecule has 1 fully saturated rings. The zero-order valence-corrected chi connectivity index (χ0v) is 19.5. The number of aromatic nitrogens is 4. The highest BCUT2D eigenvalue weighted by molar-refractivity contribution is 6.30. The number of carbonyl (C=O) groups excluding carboxylic acids is 1. The van der Waals surface area contributed by atoms with Crippen molar-refractivity contribution in [3.05, 3.63) is 39.5 Å². The van der Waals surface area contributed by atoms with Crippen LogP contribution < -0.4 is 15.2 Å². The van der Waals surface area contributed by atoms with Crippen LogP contribution in [0.3, 0.4) is 0 Å². The molecular formula is C20H24ClF3N6O5. The van der Waals surface area contributed by atoms with Gasteiger partial charge in [-0.25, -0.2) is 15.1 Å². The fourth-order valence-corrected chi connectivity index (χ4v) is 3.48. The highest BCUT2D eigenvalue weighted by Crippen LogP contribution is 2.33. The quantitative estimate of drug-likeness (QED) is 0.463. The van der Waals surface area contributed by atoms with Gasteiger partial charge in [-0.05, 0) is 0 Å². The Morgan fingerprint density at radius 3 is 2.49 bits per heavy atom. The van der Waals surface area contributed by atoms with Crippen molar-refractivity contribution in [1.29, 1.82) is 0 Å². The number of amides is 1. The van der Waals surface area contributed by atoms with E-state index in [0.717, 1.165) is 6.20 Å². The zero-order valence-electron chi connectivity index (χ0n) is 18.8. The molecule has 35 heavy (non-hydrogen) atoms. The average molecular weight is 521 g/mol. The van der Waals surface area contributed by atoms with Gasteiger partial charge < -0.3 is 24.0 Å². The molecule has 1 N–H and O–H groups in total. The molecule has 1 aliphatic heterocycles. The Balaban J connectivity index is 1.45. The van der Waals surface area contributed by atoms with Gasteiger partial charge >= 0.3 is 6.18 Å². The van der Waals surface area contributed by atoms with Crippen LogP contribution in [0.5, 0.6) is 5.75 Å². The first-order valence-corrected chi connectivity index (χ1v) is 10.9. The molecule has 2 aromatic rings. The van der Waals surface area contributed by atoms with E-state index in [4.69, 9.17) is 25.8 Å². The minimum absolute atomic E-state index is 0.0304. The van der Waals surface area contributed by atoms with E-state index >= 15 is 0 Å². The van der Waals surface area contributed by atoms with Crippen molar-refractivity contribution in [2.45, 2.75) is 18.7 Å². The van der Waals surface area contributed by atoms with Crippen LogP contribution in [0.4, 0.5) is 19.1 Å². The summed E-state index contributed by atoms with van der Waals surface area (Å²) in [6.45, 7) is 1.85. The van der Waals surface area contributed by atoms with Gasteiger partial charge in [-0.1, -0.05) is 11.6 Å². The molecule has 1 saturated heterocycles. The predicted molar refractivity (Wildman–Crippen MR) is 117 cm³/mol. The lowest BCUT2D eigenvalue weighted by atomic mass is 10.2. The second-order valence-electron chi connectivity index (χ2n) is 7.53. The van der Waals surface area contributed by atoms with Gasteiger partial charge in [0, 0.05) is 33.3 Å². The van der Waals surface area contributed by atoms with Crippen LogP contribution in [0.25, 0.3) is 0 Å². The maximum absolute atomic E-state index is 13.2. The summed E-state index contributed by atoms with van der Waals surface area (Å²) in [7, 11) is 1.34. The second-order valence-corrected chi connectivity index (χ2v) is 7.96. The topological polar surface area (TPSA) is 123 Å². The van der Waals surface area contributed by atoms with Crippen molar-refractivity contribution in [1.82, 2.24) is 25.1 Å². The van der Waals surface area contributed by atoms with Gasteiger partial charge in [0.05, 0.1) is 49.9 Å². The Morgan fingerprint density at radius 1 is 1.17 bits per heavy atom. The molecule has 192 valence electrons. The minimum atomic E-state index is -4.93. The number of nitrogens with zero attached hydrogens (tertiary/aromatic N) is 5. The molecule has 0 unspecified atom stereocenters. The van der Waals surface area contributed by atoms with Crippen LogP contribution in [0, 0.1) is 0 Å². The highest BCUT2D eigenvalue weighted by atomic mass is 35.5. The third-order valence-electron chi connectivity index (χ3n) is 5.04. The number of methoxy groups -OCH3 is 1. The second kappa shape index (κ2) is 12.1. The number of piperazine rings is 1. The summed E-state index contributed by atoms with van der Waals surface area (Å²) < 4.78 is 55.3. The lowest BCUT2D eigenvalue weighted by Crippen LogP contribution is -2.49. The fraction of sp³-hybridized carbons (Fsp3) is 0.550. The molecule has 0 bridgehead atoms. The minimum Gasteiger partial charge on any atom is -0.483 e. The number of hydrogen-bond acceptors (Lipinski definition) is 9. The van der Waals surface area contributed by atoms with Crippen LogP contribution in [-0.4, -0.2) is 90.2 Å². The summed E-state index contributed by atoms with van der Waals surface area (Å²) >= 11 is 5.80. The number of anilines is 1. The van der Waals surface area contributed by atoms with Crippen LogP contribution >= 0.6 is 11.6 Å². The van der Waals surface area contributed by atoms with E-state index in [9.17, 15) is 22.8 Å². The average Bonchev–Trinajstić information content (AvgIpc) is 2.81. The van der Waals surface area contributed by atoms with Crippen molar-refractivity contribution in [2.24, 2.45) is 0 Å². The van der Waals surface area contributed by atoms with Crippen LogP contribution in [0.2, 0.25) is 5.02 Å². The molecule has 0 radical (unpaired) electrons. The van der Waals surface area contributed by atoms with Crippen molar-refractivity contribution in [2.75, 3.05) is 58.0 Å². The molecule has 2 aromatic heterocycles. The van der Waals surface area contributed by atoms with E-state index in [2.05, 4.69) is 15.1 Å². The van der Waals surface area contributed by atoms with Gasteiger partial charge in [-0.3, -0.25) is 9.59 Å². The molecule has 1 amide bonds. The summed E-state index contributed by atoms with van der Waals surface area (Å²) in [6.07, 6.45) is -2.02. The van der Waals surface area contributed by atoms with E-state index in [1.54, 1.807) is 10.00 Å². The molecule has 15 heteroatoms. The van der Waals surface area contributed by atoms with E-state index < -0.39 is 29.2 Å². The van der Waals surface area contributed by atoms with Crippen LogP contribution in [0.15, 0.2) is 23.4 Å². The summed E-state index contributed by atoms with van der Waals surface area (Å²) in [5, 5.41) is 5.54. The number of alkyl halides is 3. The van der Waals surface area contributed by atoms with Crippen LogP contribution in [0.1, 0.15) is 12.0 Å². The van der Waals surface area contributed by atoms with E-state index in [0.29, 0.717) is 37.1 Å². The molecular weight excluding hydrogens is 497 g/mol. The van der Waals surface area contributed by atoms with Crippen LogP contribution in [-0.2, 0) is 20.4 Å². The number of nitrogens with one attached hydrogen (secondary N) is 1. The van der Waals surface area contributed by atoms with E-state index in [-0.39, 0.29) is 32.1 Å². The van der Waals surface area contributed by atoms with Crippen molar-refractivity contribution in [3.63, 3.8) is 0 Å². The standard InChI is InChI=1S/C20H24ClF3N6O5/c1-33-11-14(35-15-10-27-28-18(32)17(15)20(22,23)24)12-34-7-2-16(31)29-3-5-30(6-4-29)19-25-8-13(21)9-26-19/h8-10,14H,2-7,11-12H2,1H3,(H,28,32)/t14-/m0/s1. The Bertz CT molecular complexity index is 1030. The van der Waals surface area contributed by atoms with Crippen molar-refractivity contribution < 1.29 is 32.2 Å². The normalized spacial score (nSPS) is 15.2. The van der Waals surface area contributed by atoms with Gasteiger partial charge in [0.25, 0.3) is 5.56 Å². The summed E-state index contributed by atoms with van der Waals surface area (Å²) in [5.41, 5.74) is -2.91. The van der Waals surface area contributed by atoms with Gasteiger partial charge in [-0.15, -0.1) is 0 Å². The number of ether oxygens (including phenoxy) is 3. The van der Waals surface area contributed by atoms with E-state index in [1.165, 1.54) is 19.5 Å². The molecule has 0 spiro atoms. The highest BCUT2D eigenvalue weighted by Gasteiger charge is 2.39. The number of carbonyl (C=O) groups is 1. The molecule has 3 heterocycles. The first-order valence-electron chi connectivity index (χ1n) is 10.6. The van der Waals surface area contributed by atoms with Gasteiger partial charge in [0.1, 0.15) is 6.10 Å². The number of aromatic amines is 1. The Hall–Kier alpha value is -2.97. The maximum atomic E-state index is 13.2. The summed E-state index contributed by atoms with van der Waals surface area (Å²) in [5.74, 6) is -0.312. The Kier molecular flexibility index (Phi) is 9.23. The number of H-pyrrole nitrogens is 1. The molecule has 0 aromatic carbocycles.